The molecule has 3 N–H and O–H groups in total. The number of para-hydroxylation sites is 1. The Bertz CT molecular complexity index is 1190. The van der Waals surface area contributed by atoms with E-state index in [9.17, 15) is 27.1 Å². The maximum atomic E-state index is 13.4. The summed E-state index contributed by atoms with van der Waals surface area (Å²) >= 11 is 0. The van der Waals surface area contributed by atoms with Crippen LogP contribution in [0.1, 0.15) is 36.3 Å². The zero-order valence-electron chi connectivity index (χ0n) is 21.3. The maximum absolute atomic E-state index is 13.4. The summed E-state index contributed by atoms with van der Waals surface area (Å²) in [5.74, 6) is -4.45. The second kappa shape index (κ2) is 12.1. The molecule has 10 heteroatoms. The topological polar surface area (TPSA) is 62.7 Å². The Hall–Kier alpha value is -2.53. The number of alkyl halides is 3. The minimum atomic E-state index is -3.04. The molecular weight excluding hydrogens is 505 g/mol. The highest BCUT2D eigenvalue weighted by molar-refractivity contribution is 5.84. The van der Waals surface area contributed by atoms with E-state index in [-0.39, 0.29) is 24.2 Å². The van der Waals surface area contributed by atoms with Gasteiger partial charge in [0.05, 0.1) is 19.3 Å². The van der Waals surface area contributed by atoms with Crippen molar-refractivity contribution in [2.24, 2.45) is 5.92 Å². The highest BCUT2D eigenvalue weighted by atomic mass is 19.3. The van der Waals surface area contributed by atoms with Crippen LogP contribution in [0, 0.1) is 17.6 Å². The molecule has 0 saturated carbocycles. The number of hydrogen-bond acceptors (Lipinski definition) is 4. The number of H-pyrrole nitrogens is 1. The summed E-state index contributed by atoms with van der Waals surface area (Å²) in [5, 5.41) is 19.9. The standard InChI is InChI=1S/C15H18F2N2O.C13H16F3NO/c1-10-6-12-11-4-2-3-5-13(11)18-14(12)7-19(10)8-15(16,17)9-20;14-2-1-3-17-7-10(8-17)13(18)9-4-11(15)6-12(16)5-9/h2-5,10,18,20H,6-9H2,1H3;4-6,10,13,18H,1-3,7-8H2/t10-;13-/m10/s1. The number of nitrogens with zero attached hydrogens (tertiary/aromatic N) is 2. The summed E-state index contributed by atoms with van der Waals surface area (Å²) in [7, 11) is 0. The van der Waals surface area contributed by atoms with Crippen molar-refractivity contribution in [2.45, 2.75) is 44.4 Å². The van der Waals surface area contributed by atoms with Crippen molar-refractivity contribution in [3.8, 4) is 0 Å². The van der Waals surface area contributed by atoms with Crippen LogP contribution in [0.4, 0.5) is 22.0 Å². The minimum absolute atomic E-state index is 0.0363. The Balaban J connectivity index is 0.000000178. The zero-order valence-corrected chi connectivity index (χ0v) is 21.3. The van der Waals surface area contributed by atoms with Gasteiger partial charge in [-0.2, -0.15) is 0 Å². The van der Waals surface area contributed by atoms with E-state index in [1.165, 1.54) is 10.9 Å². The van der Waals surface area contributed by atoms with Crippen molar-refractivity contribution < 1.29 is 32.2 Å². The van der Waals surface area contributed by atoms with E-state index in [1.54, 1.807) is 4.90 Å². The van der Waals surface area contributed by atoms with Crippen molar-refractivity contribution in [3.05, 3.63) is 70.9 Å². The van der Waals surface area contributed by atoms with Gasteiger partial charge in [-0.1, -0.05) is 18.2 Å². The number of fused-ring (bicyclic) bond motifs is 3. The van der Waals surface area contributed by atoms with Gasteiger partial charge in [-0.05, 0) is 49.1 Å². The first kappa shape index (κ1) is 28.5. The van der Waals surface area contributed by atoms with Crippen molar-refractivity contribution in [2.75, 3.05) is 39.5 Å². The Morgan fingerprint density at radius 1 is 1.11 bits per heavy atom. The molecule has 5 nitrogen and oxygen atoms in total. The summed E-state index contributed by atoms with van der Waals surface area (Å²) in [6.45, 7) is 2.52. The molecule has 0 bridgehead atoms. The van der Waals surface area contributed by atoms with Gasteiger partial charge in [-0.25, -0.2) is 17.6 Å². The van der Waals surface area contributed by atoms with E-state index in [1.807, 2.05) is 30.0 Å². The molecule has 1 saturated heterocycles. The summed E-state index contributed by atoms with van der Waals surface area (Å²) in [6, 6.07) is 11.2. The smallest absolute Gasteiger partial charge is 0.283 e. The molecule has 2 aromatic carbocycles. The van der Waals surface area contributed by atoms with Crippen LogP contribution in [0.3, 0.4) is 0 Å². The molecular formula is C28H34F5N3O2. The fraction of sp³-hybridized carbons (Fsp3) is 0.500. The number of halogens is 5. The molecule has 0 aliphatic carbocycles. The van der Waals surface area contributed by atoms with Crippen LogP contribution < -0.4 is 0 Å². The number of aliphatic hydroxyl groups excluding tert-OH is 2. The van der Waals surface area contributed by atoms with Crippen molar-refractivity contribution >= 4 is 10.9 Å². The van der Waals surface area contributed by atoms with Crippen LogP contribution >= 0.6 is 0 Å². The summed E-state index contributed by atoms with van der Waals surface area (Å²) in [4.78, 5) is 7.07. The number of aromatic nitrogens is 1. The fourth-order valence-electron chi connectivity index (χ4n) is 5.26. The SMILES string of the molecule is C[C@@H]1Cc2c([nH]c3ccccc23)CN1CC(F)(F)CO.O[C@@H](c1cc(F)cc(F)c1)C1CN(CCCF)C1. The maximum Gasteiger partial charge on any atom is 0.283 e. The highest BCUT2D eigenvalue weighted by Crippen LogP contribution is 2.32. The van der Waals surface area contributed by atoms with Gasteiger partial charge in [-0.15, -0.1) is 0 Å². The first-order valence-electron chi connectivity index (χ1n) is 12.8. The second-order valence-corrected chi connectivity index (χ2v) is 10.3. The molecule has 2 aliphatic rings. The molecule has 38 heavy (non-hydrogen) atoms. The molecule has 3 aromatic rings. The lowest BCUT2D eigenvalue weighted by Crippen LogP contribution is -2.49. The van der Waals surface area contributed by atoms with Crippen molar-refractivity contribution in [1.29, 1.82) is 0 Å². The van der Waals surface area contributed by atoms with Crippen LogP contribution in [-0.2, 0) is 13.0 Å². The molecule has 2 aliphatic heterocycles. The average Bonchev–Trinajstić information content (AvgIpc) is 3.20. The van der Waals surface area contributed by atoms with E-state index >= 15 is 0 Å². The Kier molecular flexibility index (Phi) is 9.07. The number of aromatic amines is 1. The first-order chi connectivity index (χ1) is 18.1. The number of hydrogen-bond donors (Lipinski definition) is 3. The molecule has 0 spiro atoms. The van der Waals surface area contributed by atoms with Gasteiger partial charge >= 0.3 is 0 Å². The van der Waals surface area contributed by atoms with Crippen molar-refractivity contribution in [1.82, 2.24) is 14.8 Å². The minimum Gasteiger partial charge on any atom is -0.390 e. The Morgan fingerprint density at radius 2 is 1.79 bits per heavy atom. The molecule has 2 atom stereocenters. The van der Waals surface area contributed by atoms with E-state index in [4.69, 9.17) is 5.11 Å². The Labute approximate surface area is 218 Å². The number of benzene rings is 2. The van der Waals surface area contributed by atoms with Crippen LogP contribution in [0.25, 0.3) is 10.9 Å². The first-order valence-corrected chi connectivity index (χ1v) is 12.8. The van der Waals surface area contributed by atoms with E-state index in [0.29, 0.717) is 32.6 Å². The third-order valence-corrected chi connectivity index (χ3v) is 7.32. The monoisotopic (exact) mass is 539 g/mol. The largest absolute Gasteiger partial charge is 0.390 e. The second-order valence-electron chi connectivity index (χ2n) is 10.3. The summed E-state index contributed by atoms with van der Waals surface area (Å²) in [5.41, 5.74) is 3.57. The molecule has 0 amide bonds. The molecule has 3 heterocycles. The lowest BCUT2D eigenvalue weighted by molar-refractivity contribution is -0.0819. The Morgan fingerprint density at radius 3 is 2.45 bits per heavy atom. The van der Waals surface area contributed by atoms with Gasteiger partial charge in [0.15, 0.2) is 0 Å². The van der Waals surface area contributed by atoms with Gasteiger partial charge in [0.25, 0.3) is 5.92 Å². The number of likely N-dealkylation sites (tertiary alicyclic amines) is 1. The average molecular weight is 540 g/mol. The molecule has 208 valence electrons. The quantitative estimate of drug-likeness (QED) is 0.359. The highest BCUT2D eigenvalue weighted by Gasteiger charge is 2.36. The van der Waals surface area contributed by atoms with Gasteiger partial charge in [0, 0.05) is 60.8 Å². The predicted molar refractivity (Wildman–Crippen MR) is 136 cm³/mol. The van der Waals surface area contributed by atoms with Crippen LogP contribution in [-0.4, -0.2) is 76.4 Å². The lowest BCUT2D eigenvalue weighted by Gasteiger charge is -2.41. The summed E-state index contributed by atoms with van der Waals surface area (Å²) in [6.07, 6.45) is 0.370. The van der Waals surface area contributed by atoms with E-state index < -0.39 is 36.8 Å². The van der Waals surface area contributed by atoms with Crippen LogP contribution in [0.2, 0.25) is 0 Å². The number of rotatable bonds is 8. The van der Waals surface area contributed by atoms with Gasteiger partial charge < -0.3 is 20.1 Å². The number of aliphatic hydroxyl groups is 2. The fourth-order valence-corrected chi connectivity index (χ4v) is 5.26. The van der Waals surface area contributed by atoms with Crippen molar-refractivity contribution in [3.63, 3.8) is 0 Å². The third-order valence-electron chi connectivity index (χ3n) is 7.32. The van der Waals surface area contributed by atoms with Crippen LogP contribution in [0.15, 0.2) is 42.5 Å². The van der Waals surface area contributed by atoms with E-state index in [2.05, 4.69) is 11.1 Å². The molecule has 1 aromatic heterocycles. The third kappa shape index (κ3) is 6.72. The lowest BCUT2D eigenvalue weighted by atomic mass is 9.89. The predicted octanol–water partition coefficient (Wildman–Crippen LogP) is 4.83. The van der Waals surface area contributed by atoms with Gasteiger partial charge in [0.1, 0.15) is 18.2 Å². The molecule has 0 unspecified atom stereocenters. The van der Waals surface area contributed by atoms with E-state index in [0.717, 1.165) is 35.8 Å². The molecule has 5 rings (SSSR count). The molecule has 0 radical (unpaired) electrons. The number of nitrogens with one attached hydrogen (secondary N) is 1. The molecule has 1 fully saturated rings. The summed E-state index contributed by atoms with van der Waals surface area (Å²) < 4.78 is 64.8. The normalized spacial score (nSPS) is 19.5. The zero-order chi connectivity index (χ0) is 27.4. The van der Waals surface area contributed by atoms with Crippen LogP contribution in [0.5, 0.6) is 0 Å². The van der Waals surface area contributed by atoms with Gasteiger partial charge in [0.2, 0.25) is 0 Å². The van der Waals surface area contributed by atoms with Gasteiger partial charge in [-0.3, -0.25) is 9.29 Å².